The van der Waals surface area contributed by atoms with E-state index in [0.717, 1.165) is 47.4 Å². The highest BCUT2D eigenvalue weighted by atomic mass is 32.1. The van der Waals surface area contributed by atoms with E-state index in [4.69, 9.17) is 4.74 Å². The van der Waals surface area contributed by atoms with Crippen LogP contribution in [0.1, 0.15) is 30.1 Å². The molecule has 1 saturated heterocycles. The van der Waals surface area contributed by atoms with Crippen LogP contribution in [0.15, 0.2) is 47.8 Å². The molecule has 0 N–H and O–H groups in total. The van der Waals surface area contributed by atoms with Crippen LogP contribution in [0.25, 0.3) is 21.5 Å². The summed E-state index contributed by atoms with van der Waals surface area (Å²) in [5.74, 6) is 0.0256. The number of aromatic nitrogens is 1. The molecule has 1 amide bonds. The van der Waals surface area contributed by atoms with Gasteiger partial charge < -0.3 is 9.64 Å². The van der Waals surface area contributed by atoms with Gasteiger partial charge in [0.05, 0.1) is 21.7 Å². The molecule has 0 aliphatic carbocycles. The van der Waals surface area contributed by atoms with Crippen LogP contribution in [0.2, 0.25) is 0 Å². The average molecular weight is 394 g/mol. The van der Waals surface area contributed by atoms with E-state index in [1.54, 1.807) is 22.3 Å². The molecule has 1 aliphatic rings. The van der Waals surface area contributed by atoms with Gasteiger partial charge in [0.25, 0.3) is 5.91 Å². The quantitative estimate of drug-likeness (QED) is 0.616. The van der Waals surface area contributed by atoms with Gasteiger partial charge in [-0.15, -0.1) is 11.3 Å². The lowest BCUT2D eigenvalue weighted by atomic mass is 9.99. The minimum Gasteiger partial charge on any atom is -0.452 e. The Morgan fingerprint density at radius 1 is 1.18 bits per heavy atom. The number of ether oxygens (including phenoxy) is 1. The van der Waals surface area contributed by atoms with Gasteiger partial charge in [0, 0.05) is 18.5 Å². The van der Waals surface area contributed by atoms with E-state index >= 15 is 0 Å². The first-order valence-electron chi connectivity index (χ1n) is 9.50. The summed E-state index contributed by atoms with van der Waals surface area (Å²) in [7, 11) is 0. The number of hydrogen-bond donors (Lipinski definition) is 0. The molecule has 2 aromatic heterocycles. The lowest BCUT2D eigenvalue weighted by Crippen LogP contribution is -2.40. The monoisotopic (exact) mass is 394 g/mol. The zero-order valence-electron chi connectivity index (χ0n) is 15.8. The number of para-hydroxylation sites is 1. The average Bonchev–Trinajstić information content (AvgIpc) is 3.26. The normalized spacial score (nSPS) is 15.0. The molecule has 1 aliphatic heterocycles. The van der Waals surface area contributed by atoms with Crippen molar-refractivity contribution in [2.75, 3.05) is 19.7 Å². The van der Waals surface area contributed by atoms with Crippen molar-refractivity contribution in [1.29, 1.82) is 0 Å². The third-order valence-electron chi connectivity index (χ3n) is 5.17. The van der Waals surface area contributed by atoms with Gasteiger partial charge in [-0.1, -0.05) is 31.2 Å². The lowest BCUT2D eigenvalue weighted by Gasteiger charge is -2.30. The van der Waals surface area contributed by atoms with Gasteiger partial charge in [-0.2, -0.15) is 0 Å². The van der Waals surface area contributed by atoms with Crippen molar-refractivity contribution < 1.29 is 14.3 Å². The highest BCUT2D eigenvalue weighted by Gasteiger charge is 2.22. The van der Waals surface area contributed by atoms with Crippen LogP contribution in [-0.4, -0.2) is 41.5 Å². The number of amides is 1. The predicted molar refractivity (Wildman–Crippen MR) is 110 cm³/mol. The Balaban J connectivity index is 1.54. The summed E-state index contributed by atoms with van der Waals surface area (Å²) < 4.78 is 5.40. The molecule has 3 aromatic rings. The molecule has 1 fully saturated rings. The Hall–Kier alpha value is -2.73. The zero-order valence-corrected chi connectivity index (χ0v) is 16.6. The number of piperidine rings is 1. The molecule has 5 nitrogen and oxygen atoms in total. The maximum atomic E-state index is 12.8. The summed E-state index contributed by atoms with van der Waals surface area (Å²) in [5, 5.41) is 2.70. The molecule has 0 saturated carbocycles. The third kappa shape index (κ3) is 3.92. The van der Waals surface area contributed by atoms with Crippen LogP contribution in [0.5, 0.6) is 0 Å². The number of nitrogens with zero attached hydrogens (tertiary/aromatic N) is 2. The maximum Gasteiger partial charge on any atom is 0.339 e. The number of carbonyl (C=O) groups is 2. The number of thiophene rings is 1. The molecule has 0 bridgehead atoms. The Bertz CT molecular complexity index is 992. The van der Waals surface area contributed by atoms with Gasteiger partial charge in [-0.05, 0) is 42.3 Å². The molecule has 0 unspecified atom stereocenters. The molecule has 144 valence electrons. The molecule has 6 heteroatoms. The van der Waals surface area contributed by atoms with Crippen LogP contribution >= 0.6 is 11.3 Å². The topological polar surface area (TPSA) is 59.5 Å². The molecule has 28 heavy (non-hydrogen) atoms. The van der Waals surface area contributed by atoms with Crippen molar-refractivity contribution in [3.05, 3.63) is 53.4 Å². The Kier molecular flexibility index (Phi) is 5.39. The van der Waals surface area contributed by atoms with Crippen molar-refractivity contribution >= 4 is 34.1 Å². The summed E-state index contributed by atoms with van der Waals surface area (Å²) in [5.41, 5.74) is 1.91. The van der Waals surface area contributed by atoms with E-state index in [-0.39, 0.29) is 12.5 Å². The fraction of sp³-hybridized carbons (Fsp3) is 0.318. The molecular weight excluding hydrogens is 372 g/mol. The first-order chi connectivity index (χ1) is 13.6. The second-order valence-electron chi connectivity index (χ2n) is 7.19. The van der Waals surface area contributed by atoms with E-state index in [1.807, 2.05) is 41.8 Å². The van der Waals surface area contributed by atoms with Crippen molar-refractivity contribution in [2.45, 2.75) is 19.8 Å². The van der Waals surface area contributed by atoms with Gasteiger partial charge in [0.1, 0.15) is 0 Å². The Morgan fingerprint density at radius 2 is 1.96 bits per heavy atom. The number of pyridine rings is 1. The van der Waals surface area contributed by atoms with Gasteiger partial charge in [0.15, 0.2) is 6.61 Å². The first kappa shape index (κ1) is 18.6. The zero-order chi connectivity index (χ0) is 19.5. The van der Waals surface area contributed by atoms with Gasteiger partial charge in [-0.25, -0.2) is 9.78 Å². The van der Waals surface area contributed by atoms with Crippen LogP contribution in [0.4, 0.5) is 0 Å². The second-order valence-corrected chi connectivity index (χ2v) is 8.14. The summed E-state index contributed by atoms with van der Waals surface area (Å²) in [4.78, 5) is 32.6. The van der Waals surface area contributed by atoms with Crippen molar-refractivity contribution in [2.24, 2.45) is 5.92 Å². The molecule has 4 rings (SSSR count). The SMILES string of the molecule is CC1CCN(C(=O)COC(=O)c2cc(-c3cccs3)nc3ccccc23)CC1. The number of esters is 1. The van der Waals surface area contributed by atoms with Gasteiger partial charge in [0.2, 0.25) is 0 Å². The number of likely N-dealkylation sites (tertiary alicyclic amines) is 1. The Morgan fingerprint density at radius 3 is 2.71 bits per heavy atom. The van der Waals surface area contributed by atoms with E-state index in [2.05, 4.69) is 11.9 Å². The molecule has 0 atom stereocenters. The molecule has 0 radical (unpaired) electrons. The largest absolute Gasteiger partial charge is 0.452 e. The summed E-state index contributed by atoms with van der Waals surface area (Å²) >= 11 is 1.57. The van der Waals surface area contributed by atoms with Crippen LogP contribution in [-0.2, 0) is 9.53 Å². The number of fused-ring (bicyclic) bond motifs is 1. The molecular formula is C22H22N2O3S. The summed E-state index contributed by atoms with van der Waals surface area (Å²) in [6.07, 6.45) is 2.00. The number of carbonyl (C=O) groups excluding carboxylic acids is 2. The van der Waals surface area contributed by atoms with E-state index in [1.165, 1.54) is 0 Å². The number of benzene rings is 1. The standard InChI is InChI=1S/C22H22N2O3S/c1-15-8-10-24(11-9-15)21(25)14-27-22(26)17-13-19(20-7-4-12-28-20)23-18-6-3-2-5-16(17)18/h2-7,12-13,15H,8-11,14H2,1H3. The fourth-order valence-electron chi connectivity index (χ4n) is 3.45. The smallest absolute Gasteiger partial charge is 0.339 e. The molecule has 0 spiro atoms. The van der Waals surface area contributed by atoms with E-state index in [9.17, 15) is 9.59 Å². The van der Waals surface area contributed by atoms with Crippen molar-refractivity contribution in [3.8, 4) is 10.6 Å². The van der Waals surface area contributed by atoms with Crippen LogP contribution < -0.4 is 0 Å². The van der Waals surface area contributed by atoms with Crippen LogP contribution in [0.3, 0.4) is 0 Å². The molecule has 1 aromatic carbocycles. The van der Waals surface area contributed by atoms with E-state index in [0.29, 0.717) is 11.5 Å². The van der Waals surface area contributed by atoms with Crippen molar-refractivity contribution in [1.82, 2.24) is 9.88 Å². The summed E-state index contributed by atoms with van der Waals surface area (Å²) in [6.45, 7) is 3.44. The minimum atomic E-state index is -0.491. The maximum absolute atomic E-state index is 12.8. The summed E-state index contributed by atoms with van der Waals surface area (Å²) in [6, 6.07) is 13.2. The fourth-order valence-corrected chi connectivity index (χ4v) is 4.14. The van der Waals surface area contributed by atoms with Crippen LogP contribution in [0, 0.1) is 5.92 Å². The van der Waals surface area contributed by atoms with Crippen molar-refractivity contribution in [3.63, 3.8) is 0 Å². The third-order valence-corrected chi connectivity index (χ3v) is 6.07. The van der Waals surface area contributed by atoms with Gasteiger partial charge >= 0.3 is 5.97 Å². The predicted octanol–water partition coefficient (Wildman–Crippen LogP) is 4.38. The highest BCUT2D eigenvalue weighted by Crippen LogP contribution is 2.28. The highest BCUT2D eigenvalue weighted by molar-refractivity contribution is 7.13. The Labute approximate surface area is 168 Å². The number of rotatable bonds is 4. The first-order valence-corrected chi connectivity index (χ1v) is 10.4. The molecule has 3 heterocycles. The lowest BCUT2D eigenvalue weighted by molar-refractivity contribution is -0.135. The second kappa shape index (κ2) is 8.10. The van der Waals surface area contributed by atoms with Gasteiger partial charge in [-0.3, -0.25) is 4.79 Å². The number of hydrogen-bond acceptors (Lipinski definition) is 5. The minimum absolute atomic E-state index is 0.128. The van der Waals surface area contributed by atoms with E-state index < -0.39 is 5.97 Å².